The Morgan fingerprint density at radius 2 is 1.40 bits per heavy atom. The zero-order valence-electron chi connectivity index (χ0n) is 44.3. The molecule has 0 aliphatic rings. The van der Waals surface area contributed by atoms with Gasteiger partial charge in [0.2, 0.25) is 23.6 Å². The fourth-order valence-corrected chi connectivity index (χ4v) is 9.04. The number of urea groups is 1. The summed E-state index contributed by atoms with van der Waals surface area (Å²) in [6.07, 6.45) is 5.92. The summed E-state index contributed by atoms with van der Waals surface area (Å²) in [5.74, 6) is -3.91. The molecule has 404 valence electrons. The molecule has 0 bridgehead atoms. The van der Waals surface area contributed by atoms with Crippen molar-refractivity contribution in [2.24, 2.45) is 29.4 Å². The summed E-state index contributed by atoms with van der Waals surface area (Å²) >= 11 is 0. The van der Waals surface area contributed by atoms with Crippen molar-refractivity contribution in [2.45, 2.75) is 131 Å². The van der Waals surface area contributed by atoms with Crippen LogP contribution in [0.1, 0.15) is 104 Å². The number of methoxy groups -OCH3 is 1. The van der Waals surface area contributed by atoms with Gasteiger partial charge in [-0.2, -0.15) is 0 Å². The number of hydrogen-bond acceptors (Lipinski definition) is 12. The number of carbonyl (C=O) groups is 8. The molecule has 73 heavy (non-hydrogen) atoms. The number of terminal acetylenes is 1. The van der Waals surface area contributed by atoms with Crippen LogP contribution in [0.2, 0.25) is 0 Å². The smallest absolute Gasteiger partial charge is 0.410 e. The molecule has 8 unspecified atom stereocenters. The van der Waals surface area contributed by atoms with E-state index in [2.05, 4.69) is 37.3 Å². The molecule has 2 aromatic carbocycles. The summed E-state index contributed by atoms with van der Waals surface area (Å²) in [5.41, 5.74) is 8.75. The number of likely N-dealkylation sites (N-methyl/N-ethyl adjacent to an activating group) is 2. The predicted octanol–water partition coefficient (Wildman–Crippen LogP) is 5.46. The summed E-state index contributed by atoms with van der Waals surface area (Å²) < 4.78 is 29.1. The first kappa shape index (κ1) is 62.6. The molecular weight excluding hydrogens is 962 g/mol. The monoisotopic (exact) mass is 1040 g/mol. The van der Waals surface area contributed by atoms with E-state index in [-0.39, 0.29) is 68.2 Å². The second-order valence-corrected chi connectivity index (χ2v) is 20.6. The minimum Gasteiger partial charge on any atom is -0.445 e. The van der Waals surface area contributed by atoms with E-state index >= 15 is 0 Å². The van der Waals surface area contributed by atoms with Gasteiger partial charge in [0.1, 0.15) is 37.1 Å². The number of nitrogens with zero attached hydrogens (tertiary/aromatic N) is 2. The zero-order chi connectivity index (χ0) is 55.2. The van der Waals surface area contributed by atoms with E-state index in [1.165, 1.54) is 43.3 Å². The van der Waals surface area contributed by atoms with Crippen molar-refractivity contribution < 1.29 is 56.9 Å². The minimum atomic E-state index is -3.58. The maximum Gasteiger partial charge on any atom is 0.410 e. The molecular formula is C51H78N9O12P. The van der Waals surface area contributed by atoms with Gasteiger partial charge in [0.25, 0.3) is 5.91 Å². The maximum absolute atomic E-state index is 14.0. The van der Waals surface area contributed by atoms with Gasteiger partial charge in [0.15, 0.2) is 0 Å². The molecule has 21 nitrogen and oxygen atoms in total. The number of benzene rings is 2. The third kappa shape index (κ3) is 19.5. The molecule has 0 radical (unpaired) electrons. The van der Waals surface area contributed by atoms with Crippen molar-refractivity contribution in [3.05, 3.63) is 59.7 Å². The second kappa shape index (κ2) is 30.5. The van der Waals surface area contributed by atoms with Crippen LogP contribution in [0.25, 0.3) is 0 Å². The van der Waals surface area contributed by atoms with Crippen LogP contribution in [0.5, 0.6) is 0 Å². The van der Waals surface area contributed by atoms with Crippen molar-refractivity contribution in [1.82, 2.24) is 31.1 Å². The van der Waals surface area contributed by atoms with Crippen molar-refractivity contribution >= 4 is 66.8 Å². The lowest BCUT2D eigenvalue weighted by molar-refractivity contribution is -0.144. The number of aldehydes is 1. The summed E-state index contributed by atoms with van der Waals surface area (Å²) in [6, 6.07) is 6.88. The SMILES string of the molecule is C#CP(=O)(Nc1ccc(C(=O)NC(C(=O)NC(CCCNC(N)=O)C(=O)Nc2ccc(COC(=O)N(C)C(C(=O)NC(C(=O)N(C)C(C(C)CC)C(CC=O)OC)C(C)C)C(C)C)cc2)C(C)C)cc1)OCC. The first-order valence-corrected chi connectivity index (χ1v) is 26.1. The Morgan fingerprint density at radius 3 is 1.90 bits per heavy atom. The fourth-order valence-electron chi connectivity index (χ4n) is 7.98. The van der Waals surface area contributed by atoms with Crippen LogP contribution in [0.15, 0.2) is 48.5 Å². The van der Waals surface area contributed by atoms with E-state index in [0.29, 0.717) is 23.4 Å². The van der Waals surface area contributed by atoms with Gasteiger partial charge >= 0.3 is 19.6 Å². The number of rotatable bonds is 30. The average Bonchev–Trinajstić information content (AvgIpc) is 3.34. The summed E-state index contributed by atoms with van der Waals surface area (Å²) in [5, 5.41) is 16.2. The standard InChI is InChI=1S/C51H78N9O12P/c1-14-34(10)44(40(70-13)27-29-61)59(11)49(66)42(32(6)7)57-48(65)43(33(8)9)60(12)51(68)71-30-35-19-23-37(24-20-35)54-46(63)39(18-17-28-53-50(52)67)55-47(64)41(31(4)5)56-45(62)36-21-25-38(26-22-36)58-73(69,16-3)72-15-2/h3,19-26,29,31-34,39-44H,14-15,17-18,27-28,30H2,1-2,4-13H3,(H,54,63)(H,55,64)(H,56,62)(H,57,65)(H,58,69)(H3,52,53,67). The van der Waals surface area contributed by atoms with Gasteiger partial charge in [0, 0.05) is 56.8 Å². The third-order valence-corrected chi connectivity index (χ3v) is 13.7. The van der Waals surface area contributed by atoms with Gasteiger partial charge in [-0.3, -0.25) is 33.4 Å². The first-order chi connectivity index (χ1) is 34.4. The lowest BCUT2D eigenvalue weighted by atomic mass is 9.90. The minimum absolute atomic E-state index is 0.0232. The molecule has 0 saturated carbocycles. The predicted molar refractivity (Wildman–Crippen MR) is 279 cm³/mol. The van der Waals surface area contributed by atoms with E-state index in [0.717, 1.165) is 6.29 Å². The van der Waals surface area contributed by atoms with Crippen LogP contribution in [0.4, 0.5) is 21.0 Å². The van der Waals surface area contributed by atoms with E-state index in [1.807, 2.05) is 13.8 Å². The van der Waals surface area contributed by atoms with E-state index in [9.17, 15) is 42.9 Å². The zero-order valence-corrected chi connectivity index (χ0v) is 45.2. The number of primary amides is 1. The topological polar surface area (TPSA) is 286 Å². The molecule has 0 heterocycles. The van der Waals surface area contributed by atoms with Crippen LogP contribution in [0, 0.1) is 35.8 Å². The maximum atomic E-state index is 14.0. The molecule has 2 rings (SSSR count). The van der Waals surface area contributed by atoms with Crippen LogP contribution in [-0.2, 0) is 49.1 Å². The molecule has 8 atom stereocenters. The highest BCUT2D eigenvalue weighted by atomic mass is 31.2. The van der Waals surface area contributed by atoms with Gasteiger partial charge < -0.3 is 61.1 Å². The largest absolute Gasteiger partial charge is 0.445 e. The van der Waals surface area contributed by atoms with Gasteiger partial charge in [-0.1, -0.05) is 73.9 Å². The molecule has 8 N–H and O–H groups in total. The number of carbonyl (C=O) groups excluding carboxylic acids is 8. The fraction of sp³-hybridized carbons (Fsp3) is 0.569. The molecule has 2 aromatic rings. The molecule has 22 heteroatoms. The van der Waals surface area contributed by atoms with Crippen LogP contribution in [-0.4, -0.2) is 128 Å². The Morgan fingerprint density at radius 1 is 0.795 bits per heavy atom. The van der Waals surface area contributed by atoms with Crippen LogP contribution < -0.4 is 37.4 Å². The van der Waals surface area contributed by atoms with E-state index in [4.69, 9.17) is 26.2 Å². The van der Waals surface area contributed by atoms with E-state index < -0.39 is 85.5 Å². The molecule has 0 aliphatic carbocycles. The number of amides is 8. The van der Waals surface area contributed by atoms with Crippen LogP contribution in [0.3, 0.4) is 0 Å². The molecule has 0 spiro atoms. The van der Waals surface area contributed by atoms with Crippen molar-refractivity contribution in [1.29, 1.82) is 0 Å². The molecule has 0 fully saturated rings. The highest BCUT2D eigenvalue weighted by Gasteiger charge is 2.39. The number of ether oxygens (including phenoxy) is 2. The summed E-state index contributed by atoms with van der Waals surface area (Å²) in [4.78, 5) is 108. The second-order valence-electron chi connectivity index (χ2n) is 18.7. The Bertz CT molecular complexity index is 2250. The highest BCUT2D eigenvalue weighted by Crippen LogP contribution is 2.45. The number of nitrogens with one attached hydrogen (secondary N) is 6. The van der Waals surface area contributed by atoms with Gasteiger partial charge in [-0.15, -0.1) is 6.42 Å². The summed E-state index contributed by atoms with van der Waals surface area (Å²) in [7, 11) is 0.984. The molecule has 0 aliphatic heterocycles. The van der Waals surface area contributed by atoms with Crippen molar-refractivity contribution in [3.8, 4) is 12.1 Å². The number of anilines is 2. The normalized spacial score (nSPS) is 14.9. The van der Waals surface area contributed by atoms with Crippen LogP contribution >= 0.6 is 7.52 Å². The molecule has 8 amide bonds. The molecule has 0 aromatic heterocycles. The van der Waals surface area contributed by atoms with E-state index in [1.54, 1.807) is 84.7 Å². The third-order valence-electron chi connectivity index (χ3n) is 12.2. The van der Waals surface area contributed by atoms with Gasteiger partial charge in [-0.05, 0) is 85.4 Å². The Hall–Kier alpha value is -6.49. The summed E-state index contributed by atoms with van der Waals surface area (Å²) in [6.45, 7) is 16.2. The Labute approximate surface area is 430 Å². The van der Waals surface area contributed by atoms with Crippen molar-refractivity contribution in [3.63, 3.8) is 0 Å². The Balaban J connectivity index is 2.18. The highest BCUT2D eigenvalue weighted by molar-refractivity contribution is 7.65. The quantitative estimate of drug-likeness (QED) is 0.0222. The number of nitrogens with two attached hydrogens (primary N) is 1. The lowest BCUT2D eigenvalue weighted by Gasteiger charge is -2.40. The van der Waals surface area contributed by atoms with Crippen molar-refractivity contribution in [2.75, 3.05) is 44.8 Å². The lowest BCUT2D eigenvalue weighted by Crippen LogP contribution is -2.60. The first-order valence-electron chi connectivity index (χ1n) is 24.5. The number of hydrogen-bond donors (Lipinski definition) is 7. The van der Waals surface area contributed by atoms with Gasteiger partial charge in [-0.25, -0.2) is 9.59 Å². The van der Waals surface area contributed by atoms with Gasteiger partial charge in [0.05, 0.1) is 18.8 Å². The molecule has 0 saturated heterocycles. The Kier molecular flexibility index (Phi) is 26.2. The average molecular weight is 1040 g/mol.